The number of carbonyl (C=O) groups is 1. The van der Waals surface area contributed by atoms with E-state index in [0.717, 1.165) is 6.26 Å². The van der Waals surface area contributed by atoms with Crippen molar-refractivity contribution in [3.8, 4) is 0 Å². The highest BCUT2D eigenvalue weighted by Gasteiger charge is 2.07. The average molecular weight is 194 g/mol. The van der Waals surface area contributed by atoms with Crippen molar-refractivity contribution >= 4 is 16.1 Å². The van der Waals surface area contributed by atoms with Crippen molar-refractivity contribution in [1.82, 2.24) is 0 Å². The average Bonchev–Trinajstić information content (AvgIpc) is 1.95. The minimum absolute atomic E-state index is 0.0476. The number of hydrogen-bond acceptors (Lipinski definition) is 5. The van der Waals surface area contributed by atoms with Crippen molar-refractivity contribution < 1.29 is 22.1 Å². The predicted molar refractivity (Wildman–Crippen MR) is 42.0 cm³/mol. The molecule has 0 fully saturated rings. The van der Waals surface area contributed by atoms with Gasteiger partial charge in [0.25, 0.3) is 10.1 Å². The van der Waals surface area contributed by atoms with E-state index in [1.54, 1.807) is 0 Å². The van der Waals surface area contributed by atoms with E-state index in [9.17, 15) is 13.2 Å². The van der Waals surface area contributed by atoms with Crippen LogP contribution in [0.3, 0.4) is 0 Å². The lowest BCUT2D eigenvalue weighted by Crippen LogP contribution is -2.15. The van der Waals surface area contributed by atoms with Crippen LogP contribution in [0.5, 0.6) is 0 Å². The Morgan fingerprint density at radius 3 is 2.58 bits per heavy atom. The van der Waals surface area contributed by atoms with Gasteiger partial charge in [0.15, 0.2) is 6.61 Å². The highest BCUT2D eigenvalue weighted by molar-refractivity contribution is 7.86. The molecule has 0 saturated heterocycles. The van der Waals surface area contributed by atoms with Crippen LogP contribution in [-0.4, -0.2) is 33.9 Å². The molecule has 0 unspecified atom stereocenters. The largest absolute Gasteiger partial charge is 0.460 e. The SMILES string of the molecule is C=CCOC(=O)COS(C)(=O)=O. The second-order valence-electron chi connectivity index (χ2n) is 1.94. The fraction of sp³-hybridized carbons (Fsp3) is 0.500. The molecule has 0 amide bonds. The summed E-state index contributed by atoms with van der Waals surface area (Å²) in [6, 6.07) is 0. The molecule has 70 valence electrons. The Morgan fingerprint density at radius 2 is 2.17 bits per heavy atom. The normalized spacial score (nSPS) is 10.8. The van der Waals surface area contributed by atoms with Gasteiger partial charge in [-0.25, -0.2) is 4.79 Å². The van der Waals surface area contributed by atoms with Gasteiger partial charge in [-0.15, -0.1) is 0 Å². The van der Waals surface area contributed by atoms with Gasteiger partial charge in [-0.2, -0.15) is 8.42 Å². The fourth-order valence-electron chi connectivity index (χ4n) is 0.349. The monoisotopic (exact) mass is 194 g/mol. The molecule has 0 aliphatic carbocycles. The molecule has 5 nitrogen and oxygen atoms in total. The molecule has 0 aliphatic rings. The molecule has 0 N–H and O–H groups in total. The summed E-state index contributed by atoms with van der Waals surface area (Å²) in [4.78, 5) is 10.6. The second kappa shape index (κ2) is 4.89. The third-order valence-electron chi connectivity index (χ3n) is 0.753. The first-order chi connectivity index (χ1) is 5.45. The fourth-order valence-corrected chi connectivity index (χ4v) is 0.659. The molecule has 0 saturated carbocycles. The summed E-state index contributed by atoms with van der Waals surface area (Å²) in [5.74, 6) is -0.736. The zero-order valence-electron chi connectivity index (χ0n) is 6.65. The van der Waals surface area contributed by atoms with Crippen LogP contribution in [0, 0.1) is 0 Å². The molecule has 0 rings (SSSR count). The van der Waals surface area contributed by atoms with E-state index in [1.807, 2.05) is 0 Å². The van der Waals surface area contributed by atoms with E-state index in [-0.39, 0.29) is 6.61 Å². The molecule has 12 heavy (non-hydrogen) atoms. The lowest BCUT2D eigenvalue weighted by Gasteiger charge is -2.00. The van der Waals surface area contributed by atoms with Gasteiger partial charge >= 0.3 is 5.97 Å². The molecule has 0 heterocycles. The van der Waals surface area contributed by atoms with Gasteiger partial charge in [0.1, 0.15) is 6.61 Å². The molecular formula is C6H10O5S. The third-order valence-corrected chi connectivity index (χ3v) is 1.30. The summed E-state index contributed by atoms with van der Waals surface area (Å²) >= 11 is 0. The maximum atomic E-state index is 10.6. The van der Waals surface area contributed by atoms with Crippen LogP contribution in [0.2, 0.25) is 0 Å². The Kier molecular flexibility index (Phi) is 4.53. The summed E-state index contributed by atoms with van der Waals surface area (Å²) in [6.45, 7) is 2.76. The lowest BCUT2D eigenvalue weighted by atomic mass is 10.7. The van der Waals surface area contributed by atoms with E-state index in [1.165, 1.54) is 6.08 Å². The number of hydrogen-bond donors (Lipinski definition) is 0. The quantitative estimate of drug-likeness (QED) is 0.341. The summed E-state index contributed by atoms with van der Waals surface area (Å²) in [5, 5.41) is 0. The van der Waals surface area contributed by atoms with Gasteiger partial charge in [-0.1, -0.05) is 12.7 Å². The number of ether oxygens (including phenoxy) is 1. The van der Waals surface area contributed by atoms with E-state index >= 15 is 0 Å². The summed E-state index contributed by atoms with van der Waals surface area (Å²) in [7, 11) is -3.57. The number of rotatable bonds is 5. The molecule has 0 radical (unpaired) electrons. The molecular weight excluding hydrogens is 184 g/mol. The molecule has 0 aromatic carbocycles. The van der Waals surface area contributed by atoms with Crippen LogP contribution < -0.4 is 0 Å². The van der Waals surface area contributed by atoms with Gasteiger partial charge in [0.05, 0.1) is 6.26 Å². The van der Waals surface area contributed by atoms with Crippen molar-refractivity contribution in [3.63, 3.8) is 0 Å². The smallest absolute Gasteiger partial charge is 0.333 e. The highest BCUT2D eigenvalue weighted by Crippen LogP contribution is 1.88. The topological polar surface area (TPSA) is 69.7 Å². The van der Waals surface area contributed by atoms with Crippen LogP contribution >= 0.6 is 0 Å². The van der Waals surface area contributed by atoms with Gasteiger partial charge in [-0.05, 0) is 0 Å². The molecule has 0 aromatic rings. The molecule has 0 aliphatic heterocycles. The second-order valence-corrected chi connectivity index (χ2v) is 3.58. The van der Waals surface area contributed by atoms with Gasteiger partial charge in [0, 0.05) is 0 Å². The molecule has 0 spiro atoms. The molecule has 0 aromatic heterocycles. The zero-order valence-corrected chi connectivity index (χ0v) is 7.46. The van der Waals surface area contributed by atoms with Crippen LogP contribution in [0.1, 0.15) is 0 Å². The maximum Gasteiger partial charge on any atom is 0.333 e. The molecule has 0 bridgehead atoms. The Hall–Kier alpha value is -0.880. The zero-order chi connectivity index (χ0) is 9.61. The van der Waals surface area contributed by atoms with Crippen LogP contribution in [-0.2, 0) is 23.8 Å². The third kappa shape index (κ3) is 7.23. The standard InChI is InChI=1S/C6H10O5S/c1-3-4-10-6(7)5-11-12(2,8)9/h3H,1,4-5H2,2H3. The highest BCUT2D eigenvalue weighted by atomic mass is 32.2. The predicted octanol–water partition coefficient (Wildman–Crippen LogP) is -0.308. The van der Waals surface area contributed by atoms with Gasteiger partial charge in [0.2, 0.25) is 0 Å². The van der Waals surface area contributed by atoms with E-state index in [0.29, 0.717) is 0 Å². The Bertz CT molecular complexity index is 253. The lowest BCUT2D eigenvalue weighted by molar-refractivity contribution is -0.144. The van der Waals surface area contributed by atoms with E-state index in [2.05, 4.69) is 15.5 Å². The van der Waals surface area contributed by atoms with Crippen LogP contribution in [0.15, 0.2) is 12.7 Å². The first-order valence-electron chi connectivity index (χ1n) is 3.06. The van der Waals surface area contributed by atoms with E-state index in [4.69, 9.17) is 0 Å². The summed E-state index contributed by atoms with van der Waals surface area (Å²) in [6.07, 6.45) is 2.23. The minimum atomic E-state index is -3.57. The van der Waals surface area contributed by atoms with Crippen LogP contribution in [0.4, 0.5) is 0 Å². The van der Waals surface area contributed by atoms with Gasteiger partial charge < -0.3 is 4.74 Å². The summed E-state index contributed by atoms with van der Waals surface area (Å²) < 4.78 is 29.3. The molecule has 0 atom stereocenters. The van der Waals surface area contributed by atoms with Crippen molar-refractivity contribution in [2.45, 2.75) is 0 Å². The van der Waals surface area contributed by atoms with Gasteiger partial charge in [-0.3, -0.25) is 4.18 Å². The summed E-state index contributed by atoms with van der Waals surface area (Å²) in [5.41, 5.74) is 0. The van der Waals surface area contributed by atoms with E-state index < -0.39 is 22.7 Å². The van der Waals surface area contributed by atoms with Crippen LogP contribution in [0.25, 0.3) is 0 Å². The van der Waals surface area contributed by atoms with Crippen molar-refractivity contribution in [2.24, 2.45) is 0 Å². The van der Waals surface area contributed by atoms with Crippen molar-refractivity contribution in [3.05, 3.63) is 12.7 Å². The first-order valence-corrected chi connectivity index (χ1v) is 4.88. The molecule has 6 heteroatoms. The maximum absolute atomic E-state index is 10.6. The number of esters is 1. The number of carbonyl (C=O) groups excluding carboxylic acids is 1. The Labute approximate surface area is 71.1 Å². The first kappa shape index (κ1) is 11.1. The Balaban J connectivity index is 3.65. The minimum Gasteiger partial charge on any atom is -0.460 e. The Morgan fingerprint density at radius 1 is 1.58 bits per heavy atom. The van der Waals surface area contributed by atoms with Crippen molar-refractivity contribution in [2.75, 3.05) is 19.5 Å². The van der Waals surface area contributed by atoms with Crippen molar-refractivity contribution in [1.29, 1.82) is 0 Å².